The van der Waals surface area contributed by atoms with Crippen LogP contribution in [0.1, 0.15) is 26.7 Å². The third-order valence-corrected chi connectivity index (χ3v) is 1.99. The van der Waals surface area contributed by atoms with Gasteiger partial charge < -0.3 is 4.90 Å². The third-order valence-electron chi connectivity index (χ3n) is 1.99. The molecule has 1 aliphatic heterocycles. The summed E-state index contributed by atoms with van der Waals surface area (Å²) in [7, 11) is -4.67. The highest BCUT2D eigenvalue weighted by Crippen LogP contribution is 2.06. The third kappa shape index (κ3) is 11.2. The van der Waals surface area contributed by atoms with E-state index in [9.17, 15) is 0 Å². The standard InChI is InChI=1S/C10H17N.H2O4S/c1-3-4-7-11-8-5-10(2)6-9-11;1-5(2,3)4/h5-6,8H,3-4,7,9H2,1-2H3;(H2,1,2,3,4). The van der Waals surface area contributed by atoms with Gasteiger partial charge in [-0.15, -0.1) is 0 Å². The summed E-state index contributed by atoms with van der Waals surface area (Å²) in [5.41, 5.74) is 1.39. The van der Waals surface area contributed by atoms with Crippen LogP contribution in [0.2, 0.25) is 0 Å². The van der Waals surface area contributed by atoms with Gasteiger partial charge >= 0.3 is 10.4 Å². The van der Waals surface area contributed by atoms with Gasteiger partial charge in [0.05, 0.1) is 0 Å². The molecule has 1 aliphatic rings. The summed E-state index contributed by atoms with van der Waals surface area (Å²) in [6.45, 7) is 6.68. The molecule has 0 bridgehead atoms. The Morgan fingerprint density at radius 2 is 2.00 bits per heavy atom. The highest BCUT2D eigenvalue weighted by atomic mass is 32.3. The summed E-state index contributed by atoms with van der Waals surface area (Å²) >= 11 is 0. The molecular weight excluding hydrogens is 230 g/mol. The first kappa shape index (κ1) is 15.2. The zero-order valence-electron chi connectivity index (χ0n) is 9.63. The average Bonchev–Trinajstić information content (AvgIpc) is 2.14. The van der Waals surface area contributed by atoms with Crippen LogP contribution in [0, 0.1) is 0 Å². The summed E-state index contributed by atoms with van der Waals surface area (Å²) in [6, 6.07) is 0. The van der Waals surface area contributed by atoms with Gasteiger partial charge in [-0.25, -0.2) is 0 Å². The van der Waals surface area contributed by atoms with Gasteiger partial charge in [0.1, 0.15) is 0 Å². The molecule has 0 aromatic rings. The molecule has 0 unspecified atom stereocenters. The molecule has 16 heavy (non-hydrogen) atoms. The molecule has 1 heterocycles. The average molecular weight is 249 g/mol. The van der Waals surface area contributed by atoms with Crippen molar-refractivity contribution in [2.24, 2.45) is 0 Å². The highest BCUT2D eigenvalue weighted by Gasteiger charge is 1.99. The Morgan fingerprint density at radius 3 is 2.38 bits per heavy atom. The summed E-state index contributed by atoms with van der Waals surface area (Å²) in [5, 5.41) is 0. The van der Waals surface area contributed by atoms with E-state index in [1.54, 1.807) is 0 Å². The molecule has 6 heteroatoms. The van der Waals surface area contributed by atoms with Crippen molar-refractivity contribution in [3.63, 3.8) is 0 Å². The van der Waals surface area contributed by atoms with E-state index in [0.717, 1.165) is 6.54 Å². The fraction of sp³-hybridized carbons (Fsp3) is 0.600. The van der Waals surface area contributed by atoms with E-state index in [0.29, 0.717) is 0 Å². The molecule has 0 aliphatic carbocycles. The SMILES string of the molecule is CCCCN1C=CC(C)=CC1.O=S(=O)(O)O. The van der Waals surface area contributed by atoms with Gasteiger partial charge in [0.25, 0.3) is 0 Å². The monoisotopic (exact) mass is 249 g/mol. The molecule has 0 aromatic heterocycles. The number of hydrogen-bond acceptors (Lipinski definition) is 3. The van der Waals surface area contributed by atoms with Crippen LogP contribution in [-0.2, 0) is 10.4 Å². The lowest BCUT2D eigenvalue weighted by molar-refractivity contribution is 0.381. The Labute approximate surface area is 97.0 Å². The van der Waals surface area contributed by atoms with Crippen LogP contribution in [0.3, 0.4) is 0 Å². The number of rotatable bonds is 3. The normalized spacial score (nSPS) is 15.2. The van der Waals surface area contributed by atoms with E-state index in [1.807, 2.05) is 0 Å². The van der Waals surface area contributed by atoms with Crippen LogP contribution in [-0.4, -0.2) is 35.5 Å². The molecule has 0 atom stereocenters. The smallest absolute Gasteiger partial charge is 0.374 e. The predicted octanol–water partition coefficient (Wildman–Crippen LogP) is 1.91. The Bertz CT molecular complexity index is 338. The second-order valence-corrected chi connectivity index (χ2v) is 4.46. The van der Waals surface area contributed by atoms with Gasteiger partial charge in [-0.05, 0) is 25.6 Å². The lowest BCUT2D eigenvalue weighted by atomic mass is 10.2. The largest absolute Gasteiger partial charge is 0.394 e. The first-order chi connectivity index (χ1) is 7.33. The number of allylic oxidation sites excluding steroid dienone is 2. The van der Waals surface area contributed by atoms with Crippen molar-refractivity contribution in [3.05, 3.63) is 23.9 Å². The first-order valence-corrected chi connectivity index (χ1v) is 6.51. The number of nitrogens with zero attached hydrogens (tertiary/aromatic N) is 1. The topological polar surface area (TPSA) is 77.8 Å². The van der Waals surface area contributed by atoms with Crippen molar-refractivity contribution < 1.29 is 17.5 Å². The zero-order valence-corrected chi connectivity index (χ0v) is 10.4. The summed E-state index contributed by atoms with van der Waals surface area (Å²) in [6.07, 6.45) is 9.24. The maximum atomic E-state index is 8.74. The van der Waals surface area contributed by atoms with Crippen molar-refractivity contribution in [3.8, 4) is 0 Å². The number of hydrogen-bond donors (Lipinski definition) is 2. The number of unbranched alkanes of at least 4 members (excludes halogenated alkanes) is 1. The van der Waals surface area contributed by atoms with Crippen molar-refractivity contribution in [1.29, 1.82) is 0 Å². The van der Waals surface area contributed by atoms with Gasteiger partial charge in [0.2, 0.25) is 0 Å². The van der Waals surface area contributed by atoms with Crippen molar-refractivity contribution in [2.45, 2.75) is 26.7 Å². The van der Waals surface area contributed by atoms with Gasteiger partial charge in [-0.2, -0.15) is 8.42 Å². The lowest BCUT2D eigenvalue weighted by Gasteiger charge is -2.21. The van der Waals surface area contributed by atoms with E-state index < -0.39 is 10.4 Å². The second-order valence-electron chi connectivity index (χ2n) is 3.56. The minimum atomic E-state index is -4.67. The van der Waals surface area contributed by atoms with Gasteiger partial charge in [-0.1, -0.05) is 25.0 Å². The minimum absolute atomic E-state index is 1.10. The summed E-state index contributed by atoms with van der Waals surface area (Å²) < 4.78 is 31.6. The molecule has 0 fully saturated rings. The fourth-order valence-corrected chi connectivity index (χ4v) is 1.14. The Morgan fingerprint density at radius 1 is 1.44 bits per heavy atom. The van der Waals surface area contributed by atoms with Crippen LogP contribution < -0.4 is 0 Å². The highest BCUT2D eigenvalue weighted by molar-refractivity contribution is 7.79. The van der Waals surface area contributed by atoms with E-state index in [-0.39, 0.29) is 0 Å². The molecule has 0 saturated carbocycles. The van der Waals surface area contributed by atoms with Crippen LogP contribution in [0.5, 0.6) is 0 Å². The van der Waals surface area contributed by atoms with Gasteiger partial charge in [0, 0.05) is 13.1 Å². The molecule has 94 valence electrons. The molecule has 0 amide bonds. The van der Waals surface area contributed by atoms with Crippen molar-refractivity contribution in [1.82, 2.24) is 4.90 Å². The molecular formula is C10H19NO4S. The molecule has 5 nitrogen and oxygen atoms in total. The quantitative estimate of drug-likeness (QED) is 0.747. The van der Waals surface area contributed by atoms with Crippen molar-refractivity contribution in [2.75, 3.05) is 13.1 Å². The lowest BCUT2D eigenvalue weighted by Crippen LogP contribution is -2.20. The molecule has 2 N–H and O–H groups in total. The minimum Gasteiger partial charge on any atom is -0.374 e. The van der Waals surface area contributed by atoms with Crippen LogP contribution >= 0.6 is 0 Å². The van der Waals surface area contributed by atoms with E-state index >= 15 is 0 Å². The zero-order chi connectivity index (χ0) is 12.6. The summed E-state index contributed by atoms with van der Waals surface area (Å²) in [4.78, 5) is 2.36. The van der Waals surface area contributed by atoms with Crippen LogP contribution in [0.4, 0.5) is 0 Å². The van der Waals surface area contributed by atoms with Gasteiger partial charge in [0.15, 0.2) is 0 Å². The molecule has 1 rings (SSSR count). The predicted molar refractivity (Wildman–Crippen MR) is 63.6 cm³/mol. The Kier molecular flexibility index (Phi) is 7.03. The van der Waals surface area contributed by atoms with Crippen LogP contribution in [0.15, 0.2) is 23.9 Å². The summed E-state index contributed by atoms with van der Waals surface area (Å²) in [5.74, 6) is 0. The van der Waals surface area contributed by atoms with E-state index in [2.05, 4.69) is 37.1 Å². The van der Waals surface area contributed by atoms with E-state index in [4.69, 9.17) is 17.5 Å². The fourth-order valence-electron chi connectivity index (χ4n) is 1.14. The molecule has 0 saturated heterocycles. The molecule has 0 aromatic carbocycles. The first-order valence-electron chi connectivity index (χ1n) is 5.12. The molecule has 0 spiro atoms. The van der Waals surface area contributed by atoms with Crippen LogP contribution in [0.25, 0.3) is 0 Å². The molecule has 0 radical (unpaired) electrons. The second kappa shape index (κ2) is 7.43. The maximum Gasteiger partial charge on any atom is 0.394 e. The Balaban J connectivity index is 0.000000385. The maximum absolute atomic E-state index is 8.74. The van der Waals surface area contributed by atoms with E-state index in [1.165, 1.54) is 25.0 Å². The van der Waals surface area contributed by atoms with Gasteiger partial charge in [-0.3, -0.25) is 9.11 Å². The van der Waals surface area contributed by atoms with Crippen molar-refractivity contribution >= 4 is 10.4 Å². The Hall–Kier alpha value is -0.850.